The van der Waals surface area contributed by atoms with E-state index >= 15 is 0 Å². The quantitative estimate of drug-likeness (QED) is 0.887. The summed E-state index contributed by atoms with van der Waals surface area (Å²) in [6, 6.07) is 6.85. The number of halogens is 1. The van der Waals surface area contributed by atoms with Gasteiger partial charge in [0.1, 0.15) is 17.3 Å². The number of aryl methyl sites for hydroxylation is 1. The molecule has 1 heterocycles. The highest BCUT2D eigenvalue weighted by atomic mass is 79.9. The van der Waals surface area contributed by atoms with Gasteiger partial charge in [-0.3, -0.25) is 0 Å². The molecule has 1 fully saturated rings. The summed E-state index contributed by atoms with van der Waals surface area (Å²) in [4.78, 5) is 4.83. The SMILES string of the molecule is Cc1cc(-c2nc(C(C)C)n(C3CC3)c2N)ccc1Br. The highest BCUT2D eigenvalue weighted by Gasteiger charge is 2.30. The average Bonchev–Trinajstić information content (AvgIpc) is 3.16. The normalized spacial score (nSPS) is 15.1. The summed E-state index contributed by atoms with van der Waals surface area (Å²) in [6.45, 7) is 6.44. The second kappa shape index (κ2) is 4.92. The van der Waals surface area contributed by atoms with Crippen molar-refractivity contribution < 1.29 is 0 Å². The van der Waals surface area contributed by atoms with Crippen LogP contribution in [0.2, 0.25) is 0 Å². The average molecular weight is 334 g/mol. The Kier molecular flexibility index (Phi) is 3.36. The molecule has 0 amide bonds. The smallest absolute Gasteiger partial charge is 0.132 e. The van der Waals surface area contributed by atoms with Crippen LogP contribution < -0.4 is 5.73 Å². The van der Waals surface area contributed by atoms with E-state index < -0.39 is 0 Å². The minimum atomic E-state index is 0.392. The Labute approximate surface area is 128 Å². The van der Waals surface area contributed by atoms with Crippen molar-refractivity contribution in [3.8, 4) is 11.3 Å². The molecule has 2 N–H and O–H groups in total. The van der Waals surface area contributed by atoms with E-state index in [1.54, 1.807) is 0 Å². The molecule has 1 saturated carbocycles. The Balaban J connectivity index is 2.13. The number of imidazole rings is 1. The predicted molar refractivity (Wildman–Crippen MR) is 86.9 cm³/mol. The van der Waals surface area contributed by atoms with E-state index in [2.05, 4.69) is 59.5 Å². The van der Waals surface area contributed by atoms with Crippen molar-refractivity contribution >= 4 is 21.7 Å². The molecule has 1 aromatic heterocycles. The van der Waals surface area contributed by atoms with Crippen LogP contribution in [0, 0.1) is 6.92 Å². The Morgan fingerprint density at radius 1 is 1.35 bits per heavy atom. The predicted octanol–water partition coefficient (Wildman–Crippen LogP) is 4.66. The topological polar surface area (TPSA) is 43.8 Å². The number of nitrogens with zero attached hydrogens (tertiary/aromatic N) is 2. The summed E-state index contributed by atoms with van der Waals surface area (Å²) in [5.41, 5.74) is 9.62. The lowest BCUT2D eigenvalue weighted by molar-refractivity contribution is 0.646. The van der Waals surface area contributed by atoms with Crippen LogP contribution >= 0.6 is 15.9 Å². The van der Waals surface area contributed by atoms with E-state index in [9.17, 15) is 0 Å². The molecule has 4 heteroatoms. The van der Waals surface area contributed by atoms with E-state index in [-0.39, 0.29) is 0 Å². The zero-order valence-corrected chi connectivity index (χ0v) is 13.7. The molecule has 1 aliphatic rings. The fraction of sp³-hybridized carbons (Fsp3) is 0.438. The first-order valence-electron chi connectivity index (χ1n) is 7.13. The molecule has 3 nitrogen and oxygen atoms in total. The van der Waals surface area contributed by atoms with Crippen LogP contribution in [-0.2, 0) is 0 Å². The van der Waals surface area contributed by atoms with Crippen LogP contribution in [0.25, 0.3) is 11.3 Å². The van der Waals surface area contributed by atoms with Crippen LogP contribution in [-0.4, -0.2) is 9.55 Å². The van der Waals surface area contributed by atoms with Gasteiger partial charge in [0.05, 0.1) is 0 Å². The van der Waals surface area contributed by atoms with Crippen LogP contribution in [0.15, 0.2) is 22.7 Å². The van der Waals surface area contributed by atoms with E-state index in [4.69, 9.17) is 10.7 Å². The van der Waals surface area contributed by atoms with E-state index in [0.29, 0.717) is 12.0 Å². The Morgan fingerprint density at radius 3 is 2.60 bits per heavy atom. The third-order valence-corrected chi connectivity index (χ3v) is 4.72. The number of rotatable bonds is 3. The van der Waals surface area contributed by atoms with Crippen LogP contribution in [0.4, 0.5) is 5.82 Å². The summed E-state index contributed by atoms with van der Waals surface area (Å²) in [5.74, 6) is 2.32. The second-order valence-corrected chi connectivity index (χ2v) is 6.78. The molecule has 20 heavy (non-hydrogen) atoms. The third kappa shape index (κ3) is 2.26. The van der Waals surface area contributed by atoms with Gasteiger partial charge in [0, 0.05) is 22.0 Å². The summed E-state index contributed by atoms with van der Waals surface area (Å²) in [6.07, 6.45) is 2.44. The van der Waals surface area contributed by atoms with Gasteiger partial charge < -0.3 is 10.3 Å². The fourth-order valence-corrected chi connectivity index (χ4v) is 2.84. The van der Waals surface area contributed by atoms with Crippen molar-refractivity contribution in [2.24, 2.45) is 0 Å². The zero-order chi connectivity index (χ0) is 14.4. The highest BCUT2D eigenvalue weighted by molar-refractivity contribution is 9.10. The monoisotopic (exact) mass is 333 g/mol. The number of nitrogens with two attached hydrogens (primary N) is 1. The van der Waals surface area contributed by atoms with Gasteiger partial charge in [0.2, 0.25) is 0 Å². The second-order valence-electron chi connectivity index (χ2n) is 5.92. The van der Waals surface area contributed by atoms with Gasteiger partial charge >= 0.3 is 0 Å². The lowest BCUT2D eigenvalue weighted by Gasteiger charge is -2.10. The highest BCUT2D eigenvalue weighted by Crippen LogP contribution is 2.42. The lowest BCUT2D eigenvalue weighted by atomic mass is 10.1. The molecular formula is C16H20BrN3. The lowest BCUT2D eigenvalue weighted by Crippen LogP contribution is -2.06. The molecule has 0 bridgehead atoms. The maximum atomic E-state index is 6.39. The molecule has 0 radical (unpaired) electrons. The molecule has 1 aromatic carbocycles. The maximum Gasteiger partial charge on any atom is 0.132 e. The van der Waals surface area contributed by atoms with Gasteiger partial charge in [-0.2, -0.15) is 0 Å². The Bertz CT molecular complexity index is 654. The molecule has 0 spiro atoms. The minimum absolute atomic E-state index is 0.392. The van der Waals surface area contributed by atoms with Gasteiger partial charge in [0.15, 0.2) is 0 Å². The molecule has 0 unspecified atom stereocenters. The molecule has 2 aromatic rings. The fourth-order valence-electron chi connectivity index (χ4n) is 2.59. The van der Waals surface area contributed by atoms with Gasteiger partial charge in [-0.25, -0.2) is 4.98 Å². The number of anilines is 1. The largest absolute Gasteiger partial charge is 0.383 e. The zero-order valence-electron chi connectivity index (χ0n) is 12.2. The van der Waals surface area contributed by atoms with E-state index in [0.717, 1.165) is 27.4 Å². The van der Waals surface area contributed by atoms with Gasteiger partial charge in [-0.05, 0) is 37.5 Å². The number of benzene rings is 1. The summed E-state index contributed by atoms with van der Waals surface area (Å²) < 4.78 is 3.36. The number of nitrogen functional groups attached to an aromatic ring is 1. The number of aromatic nitrogens is 2. The molecular weight excluding hydrogens is 314 g/mol. The first-order valence-corrected chi connectivity index (χ1v) is 7.92. The molecule has 106 valence electrons. The van der Waals surface area contributed by atoms with Crippen molar-refractivity contribution in [1.29, 1.82) is 0 Å². The first kappa shape index (κ1) is 13.7. The van der Waals surface area contributed by atoms with Crippen molar-refractivity contribution in [2.75, 3.05) is 5.73 Å². The van der Waals surface area contributed by atoms with Crippen LogP contribution in [0.3, 0.4) is 0 Å². The number of hydrogen-bond acceptors (Lipinski definition) is 2. The Morgan fingerprint density at radius 2 is 2.05 bits per heavy atom. The first-order chi connectivity index (χ1) is 9.49. The van der Waals surface area contributed by atoms with Crippen molar-refractivity contribution in [1.82, 2.24) is 9.55 Å². The molecule has 3 rings (SSSR count). The number of hydrogen-bond donors (Lipinski definition) is 1. The van der Waals surface area contributed by atoms with Crippen LogP contribution in [0.5, 0.6) is 0 Å². The summed E-state index contributed by atoms with van der Waals surface area (Å²) >= 11 is 3.54. The molecule has 0 saturated heterocycles. The van der Waals surface area contributed by atoms with E-state index in [1.165, 1.54) is 18.4 Å². The van der Waals surface area contributed by atoms with Gasteiger partial charge in [0.25, 0.3) is 0 Å². The van der Waals surface area contributed by atoms with Crippen molar-refractivity contribution in [3.63, 3.8) is 0 Å². The molecule has 0 aliphatic heterocycles. The molecule has 1 aliphatic carbocycles. The maximum absolute atomic E-state index is 6.39. The molecule has 0 atom stereocenters. The van der Waals surface area contributed by atoms with Gasteiger partial charge in [-0.15, -0.1) is 0 Å². The minimum Gasteiger partial charge on any atom is -0.383 e. The van der Waals surface area contributed by atoms with Crippen molar-refractivity contribution in [2.45, 2.75) is 45.6 Å². The standard InChI is InChI=1S/C16H20BrN3/c1-9(2)16-19-14(15(18)20(16)12-5-6-12)11-4-7-13(17)10(3)8-11/h4,7-9,12H,5-6,18H2,1-3H3. The van der Waals surface area contributed by atoms with Crippen LogP contribution in [0.1, 0.15) is 50.0 Å². The Hall–Kier alpha value is -1.29. The summed E-state index contributed by atoms with van der Waals surface area (Å²) in [5, 5.41) is 0. The van der Waals surface area contributed by atoms with E-state index in [1.807, 2.05) is 0 Å². The third-order valence-electron chi connectivity index (χ3n) is 3.84. The van der Waals surface area contributed by atoms with Gasteiger partial charge in [-0.1, -0.05) is 35.8 Å². The van der Waals surface area contributed by atoms with Crippen molar-refractivity contribution in [3.05, 3.63) is 34.1 Å². The summed E-state index contributed by atoms with van der Waals surface area (Å²) in [7, 11) is 0.